The van der Waals surface area contributed by atoms with Crippen molar-refractivity contribution in [1.29, 1.82) is 0 Å². The lowest BCUT2D eigenvalue weighted by Gasteiger charge is -2.24. The third-order valence-corrected chi connectivity index (χ3v) is 7.36. The van der Waals surface area contributed by atoms with Crippen LogP contribution in [-0.2, 0) is 5.41 Å². The fourth-order valence-corrected chi connectivity index (χ4v) is 5.55. The Hall–Kier alpha value is -4.63. The van der Waals surface area contributed by atoms with Gasteiger partial charge in [0.1, 0.15) is 17.0 Å². The summed E-state index contributed by atoms with van der Waals surface area (Å²) in [6, 6.07) is 40.3. The zero-order chi connectivity index (χ0) is 25.9. The summed E-state index contributed by atoms with van der Waals surface area (Å²) in [4.78, 5) is 5.16. The van der Waals surface area contributed by atoms with Crippen LogP contribution in [0, 0.1) is 0 Å². The van der Waals surface area contributed by atoms with Crippen LogP contribution in [0.5, 0.6) is 0 Å². The normalized spacial score (nSPS) is 12.1. The number of hydrogen-bond acceptors (Lipinski definition) is 2. The summed E-state index contributed by atoms with van der Waals surface area (Å²) >= 11 is 0. The molecular weight excluding hydrogens is 464 g/mol. The van der Waals surface area contributed by atoms with Crippen molar-refractivity contribution in [2.24, 2.45) is 0 Å². The highest BCUT2D eigenvalue weighted by Crippen LogP contribution is 2.41. The molecule has 7 rings (SSSR count). The number of fused-ring (bicyclic) bond motifs is 4. The second-order valence-electron chi connectivity index (χ2n) is 10.9. The van der Waals surface area contributed by atoms with E-state index in [1.54, 1.807) is 0 Å². The summed E-state index contributed by atoms with van der Waals surface area (Å²) in [5.74, 6) is 0.954. The number of benzene rings is 5. The molecule has 38 heavy (non-hydrogen) atoms. The second-order valence-corrected chi connectivity index (χ2v) is 10.9. The topological polar surface area (TPSA) is 31.0 Å². The number of para-hydroxylation sites is 5. The van der Waals surface area contributed by atoms with E-state index in [9.17, 15) is 0 Å². The Morgan fingerprint density at radius 1 is 0.658 bits per heavy atom. The number of rotatable bonds is 3. The molecule has 0 aliphatic carbocycles. The quantitative estimate of drug-likeness (QED) is 0.246. The van der Waals surface area contributed by atoms with Crippen molar-refractivity contribution in [2.75, 3.05) is 0 Å². The monoisotopic (exact) mass is 492 g/mol. The van der Waals surface area contributed by atoms with Crippen molar-refractivity contribution in [3.8, 4) is 28.2 Å². The molecule has 0 unspecified atom stereocenters. The van der Waals surface area contributed by atoms with Crippen LogP contribution >= 0.6 is 0 Å². The average Bonchev–Trinajstić information content (AvgIpc) is 3.51. The molecule has 0 fully saturated rings. The van der Waals surface area contributed by atoms with E-state index in [4.69, 9.17) is 9.40 Å². The smallest absolute Gasteiger partial charge is 0.146 e. The number of hydrogen-bond donors (Lipinski definition) is 0. The molecule has 7 aromatic rings. The Morgan fingerprint density at radius 2 is 1.39 bits per heavy atom. The number of imidazole rings is 1. The van der Waals surface area contributed by atoms with Gasteiger partial charge in [-0.3, -0.25) is 4.57 Å². The summed E-state index contributed by atoms with van der Waals surface area (Å²) in [6.45, 7) is 6.81. The molecule has 2 heterocycles. The van der Waals surface area contributed by atoms with E-state index >= 15 is 0 Å². The van der Waals surface area contributed by atoms with E-state index in [1.165, 1.54) is 5.56 Å². The van der Waals surface area contributed by atoms with E-state index in [0.29, 0.717) is 0 Å². The van der Waals surface area contributed by atoms with E-state index in [-0.39, 0.29) is 5.41 Å². The molecule has 3 heteroatoms. The molecule has 0 atom stereocenters. The fraction of sp³-hybridized carbons (Fsp3) is 0.114. The molecule has 3 nitrogen and oxygen atoms in total. The molecule has 0 aliphatic rings. The number of aromatic nitrogens is 2. The van der Waals surface area contributed by atoms with Crippen LogP contribution in [0.1, 0.15) is 26.3 Å². The van der Waals surface area contributed by atoms with E-state index in [2.05, 4.69) is 128 Å². The Bertz CT molecular complexity index is 1950. The van der Waals surface area contributed by atoms with Gasteiger partial charge in [0.05, 0.1) is 11.0 Å². The summed E-state index contributed by atoms with van der Waals surface area (Å²) in [5, 5.41) is 2.29. The van der Waals surface area contributed by atoms with E-state index in [1.807, 2.05) is 12.1 Å². The standard InChI is InChI=1S/C35H28N2O/c1-35(2,3)29-22-23(25-15-11-16-27-26-14-7-10-19-32(26)38-33(25)27)20-21-28(29)34-36-30-17-8-9-18-31(30)37(34)24-12-5-4-6-13-24/h4-22H,1-3H3. The predicted octanol–water partition coefficient (Wildman–Crippen LogP) is 9.56. The van der Waals surface area contributed by atoms with E-state index < -0.39 is 0 Å². The molecule has 5 aromatic carbocycles. The van der Waals surface area contributed by atoms with Gasteiger partial charge in [-0.05, 0) is 52.9 Å². The Balaban J connectivity index is 1.48. The van der Waals surface area contributed by atoms with Crippen molar-refractivity contribution in [1.82, 2.24) is 9.55 Å². The number of nitrogens with zero attached hydrogens (tertiary/aromatic N) is 2. The molecule has 0 spiro atoms. The van der Waals surface area contributed by atoms with Crippen LogP contribution in [0.2, 0.25) is 0 Å². The maximum atomic E-state index is 6.38. The lowest BCUT2D eigenvalue weighted by Crippen LogP contribution is -2.14. The lowest BCUT2D eigenvalue weighted by molar-refractivity contribution is 0.591. The lowest BCUT2D eigenvalue weighted by atomic mass is 9.81. The van der Waals surface area contributed by atoms with Crippen molar-refractivity contribution in [3.05, 3.63) is 121 Å². The van der Waals surface area contributed by atoms with Crippen LogP contribution in [0.4, 0.5) is 0 Å². The zero-order valence-electron chi connectivity index (χ0n) is 21.8. The first-order valence-electron chi connectivity index (χ1n) is 13.1. The van der Waals surface area contributed by atoms with Gasteiger partial charge < -0.3 is 4.42 Å². The van der Waals surface area contributed by atoms with Crippen LogP contribution in [0.15, 0.2) is 120 Å². The Kier molecular flexibility index (Phi) is 5.02. The van der Waals surface area contributed by atoms with Gasteiger partial charge in [0.25, 0.3) is 0 Å². The summed E-state index contributed by atoms with van der Waals surface area (Å²) in [5.41, 5.74) is 9.56. The van der Waals surface area contributed by atoms with Gasteiger partial charge in [0, 0.05) is 27.6 Å². The summed E-state index contributed by atoms with van der Waals surface area (Å²) < 4.78 is 8.66. The summed E-state index contributed by atoms with van der Waals surface area (Å²) in [6.07, 6.45) is 0. The average molecular weight is 493 g/mol. The maximum absolute atomic E-state index is 6.38. The van der Waals surface area contributed by atoms with Gasteiger partial charge in [0.15, 0.2) is 0 Å². The predicted molar refractivity (Wildman–Crippen MR) is 158 cm³/mol. The molecule has 0 amide bonds. The van der Waals surface area contributed by atoms with Gasteiger partial charge in [-0.25, -0.2) is 4.98 Å². The largest absolute Gasteiger partial charge is 0.455 e. The maximum Gasteiger partial charge on any atom is 0.146 e. The molecular formula is C35H28N2O. The Morgan fingerprint density at radius 3 is 2.24 bits per heavy atom. The Labute approximate surface area is 222 Å². The molecule has 0 N–H and O–H groups in total. The van der Waals surface area contributed by atoms with E-state index in [0.717, 1.165) is 61.2 Å². The van der Waals surface area contributed by atoms with Gasteiger partial charge in [0.2, 0.25) is 0 Å². The van der Waals surface area contributed by atoms with Crippen molar-refractivity contribution >= 4 is 33.0 Å². The summed E-state index contributed by atoms with van der Waals surface area (Å²) in [7, 11) is 0. The van der Waals surface area contributed by atoms with Gasteiger partial charge in [-0.1, -0.05) is 99.6 Å². The first-order valence-corrected chi connectivity index (χ1v) is 13.1. The van der Waals surface area contributed by atoms with Crippen LogP contribution in [0.25, 0.3) is 61.2 Å². The zero-order valence-corrected chi connectivity index (χ0v) is 21.8. The van der Waals surface area contributed by atoms with Crippen molar-refractivity contribution < 1.29 is 4.42 Å². The highest BCUT2D eigenvalue weighted by molar-refractivity contribution is 6.09. The minimum Gasteiger partial charge on any atom is -0.455 e. The third-order valence-electron chi connectivity index (χ3n) is 7.36. The fourth-order valence-electron chi connectivity index (χ4n) is 5.55. The molecule has 0 saturated heterocycles. The highest BCUT2D eigenvalue weighted by atomic mass is 16.3. The highest BCUT2D eigenvalue weighted by Gasteiger charge is 2.24. The van der Waals surface area contributed by atoms with Gasteiger partial charge in [-0.2, -0.15) is 0 Å². The minimum atomic E-state index is -0.104. The van der Waals surface area contributed by atoms with Crippen LogP contribution in [-0.4, -0.2) is 9.55 Å². The molecule has 0 saturated carbocycles. The van der Waals surface area contributed by atoms with Crippen LogP contribution < -0.4 is 0 Å². The molecule has 0 aliphatic heterocycles. The molecule has 0 radical (unpaired) electrons. The molecule has 184 valence electrons. The number of furan rings is 1. The van der Waals surface area contributed by atoms with Gasteiger partial charge in [-0.15, -0.1) is 0 Å². The van der Waals surface area contributed by atoms with Crippen molar-refractivity contribution in [2.45, 2.75) is 26.2 Å². The van der Waals surface area contributed by atoms with Gasteiger partial charge >= 0.3 is 0 Å². The molecule has 0 bridgehead atoms. The SMILES string of the molecule is CC(C)(C)c1cc(-c2cccc3c2oc2ccccc23)ccc1-c1nc2ccccc2n1-c1ccccc1. The first-order chi connectivity index (χ1) is 18.5. The van der Waals surface area contributed by atoms with Crippen LogP contribution in [0.3, 0.4) is 0 Å². The first kappa shape index (κ1) is 22.6. The second kappa shape index (κ2) is 8.46. The third kappa shape index (κ3) is 3.54. The molecule has 2 aromatic heterocycles. The minimum absolute atomic E-state index is 0.104. The van der Waals surface area contributed by atoms with Crippen molar-refractivity contribution in [3.63, 3.8) is 0 Å².